The van der Waals surface area contributed by atoms with Crippen molar-refractivity contribution < 1.29 is 14.3 Å². The lowest BCUT2D eigenvalue weighted by Gasteiger charge is -2.18. The maximum atomic E-state index is 10.7. The molecule has 1 aromatic heterocycles. The minimum Gasteiger partial charge on any atom is -0.484 e. The van der Waals surface area contributed by atoms with Crippen molar-refractivity contribution in [3.05, 3.63) is 16.2 Å². The van der Waals surface area contributed by atoms with Crippen LogP contribution in [0.3, 0.4) is 0 Å². The van der Waals surface area contributed by atoms with Crippen molar-refractivity contribution in [2.24, 2.45) is 0 Å². The molecule has 1 aliphatic rings. The van der Waals surface area contributed by atoms with Gasteiger partial charge in [0.1, 0.15) is 13.2 Å². The van der Waals surface area contributed by atoms with Crippen molar-refractivity contribution >= 4 is 22.2 Å². The fourth-order valence-electron chi connectivity index (χ4n) is 1.10. The summed E-state index contributed by atoms with van der Waals surface area (Å²) in [6.45, 7) is 0.923. The van der Waals surface area contributed by atoms with Gasteiger partial charge in [0.25, 0.3) is 5.88 Å². The van der Waals surface area contributed by atoms with E-state index >= 15 is 0 Å². The third-order valence-electron chi connectivity index (χ3n) is 1.68. The van der Waals surface area contributed by atoms with Gasteiger partial charge in [-0.25, -0.2) is 4.98 Å². The van der Waals surface area contributed by atoms with Gasteiger partial charge < -0.3 is 9.47 Å². The Labute approximate surface area is 83.0 Å². The summed E-state index contributed by atoms with van der Waals surface area (Å²) in [5.41, 5.74) is 0.449. The van der Waals surface area contributed by atoms with Crippen LogP contribution in [0.4, 0.5) is 0 Å². The summed E-state index contributed by atoms with van der Waals surface area (Å²) in [5, 5.41) is 0. The Bertz CT molecular complexity index is 353. The minimum absolute atomic E-state index is 0.386. The number of ether oxygens (including phenoxy) is 2. The first-order chi connectivity index (χ1) is 6.33. The van der Waals surface area contributed by atoms with Crippen LogP contribution in [0, 0.1) is 0 Å². The molecule has 0 fully saturated rings. The number of aldehydes is 1. The van der Waals surface area contributed by atoms with Crippen molar-refractivity contribution in [2.75, 3.05) is 13.2 Å². The number of fused-ring (bicyclic) bond motifs is 1. The number of rotatable bonds is 1. The number of carbonyl (C=O) groups is 1. The van der Waals surface area contributed by atoms with Gasteiger partial charge in [-0.15, -0.1) is 0 Å². The van der Waals surface area contributed by atoms with Crippen LogP contribution in [0.2, 0.25) is 0 Å². The van der Waals surface area contributed by atoms with Crippen molar-refractivity contribution in [2.45, 2.75) is 0 Å². The molecule has 0 saturated carbocycles. The van der Waals surface area contributed by atoms with Crippen LogP contribution in [0.25, 0.3) is 0 Å². The van der Waals surface area contributed by atoms with Crippen LogP contribution in [0.15, 0.2) is 10.7 Å². The van der Waals surface area contributed by atoms with Gasteiger partial charge in [0.15, 0.2) is 12.0 Å². The molecule has 0 aromatic carbocycles. The van der Waals surface area contributed by atoms with Crippen LogP contribution < -0.4 is 9.47 Å². The van der Waals surface area contributed by atoms with Crippen molar-refractivity contribution in [3.8, 4) is 11.6 Å². The highest BCUT2D eigenvalue weighted by atomic mass is 79.9. The Morgan fingerprint density at radius 3 is 3.00 bits per heavy atom. The molecule has 2 rings (SSSR count). The number of halogens is 1. The summed E-state index contributed by atoms with van der Waals surface area (Å²) < 4.78 is 11.1. The molecule has 0 radical (unpaired) electrons. The van der Waals surface area contributed by atoms with Gasteiger partial charge in [-0.3, -0.25) is 4.79 Å². The molecule has 0 bridgehead atoms. The van der Waals surface area contributed by atoms with E-state index in [-0.39, 0.29) is 0 Å². The topological polar surface area (TPSA) is 48.4 Å². The molecule has 2 heterocycles. The lowest BCUT2D eigenvalue weighted by molar-refractivity contribution is 0.110. The summed E-state index contributed by atoms with van der Waals surface area (Å²) in [7, 11) is 0. The van der Waals surface area contributed by atoms with Gasteiger partial charge >= 0.3 is 0 Å². The first-order valence-electron chi connectivity index (χ1n) is 3.72. The molecule has 0 atom stereocenters. The summed E-state index contributed by atoms with van der Waals surface area (Å²) in [5.74, 6) is 0.812. The van der Waals surface area contributed by atoms with E-state index in [1.165, 1.54) is 6.20 Å². The number of nitrogens with zero attached hydrogens (tertiary/aromatic N) is 1. The molecule has 68 valence electrons. The Hall–Kier alpha value is -1.10. The van der Waals surface area contributed by atoms with Crippen LogP contribution >= 0.6 is 15.9 Å². The molecular weight excluding hydrogens is 238 g/mol. The average molecular weight is 244 g/mol. The van der Waals surface area contributed by atoms with Crippen LogP contribution in [-0.2, 0) is 0 Å². The molecule has 1 aromatic rings. The summed E-state index contributed by atoms with van der Waals surface area (Å²) in [6, 6.07) is 0. The van der Waals surface area contributed by atoms with E-state index in [4.69, 9.17) is 9.47 Å². The summed E-state index contributed by atoms with van der Waals surface area (Å²) >= 11 is 3.21. The molecule has 4 nitrogen and oxygen atoms in total. The second-order valence-electron chi connectivity index (χ2n) is 2.47. The normalized spacial score (nSPS) is 13.9. The quantitative estimate of drug-likeness (QED) is 0.701. The van der Waals surface area contributed by atoms with E-state index in [1.807, 2.05) is 0 Å². The molecule has 0 aliphatic carbocycles. The molecule has 0 unspecified atom stereocenters. The number of hydrogen-bond acceptors (Lipinski definition) is 4. The van der Waals surface area contributed by atoms with Gasteiger partial charge in [-0.2, -0.15) is 0 Å². The third kappa shape index (κ3) is 1.39. The lowest BCUT2D eigenvalue weighted by Crippen LogP contribution is -2.17. The van der Waals surface area contributed by atoms with E-state index in [9.17, 15) is 4.79 Å². The van der Waals surface area contributed by atoms with Crippen molar-refractivity contribution in [1.82, 2.24) is 4.98 Å². The van der Waals surface area contributed by atoms with Gasteiger partial charge in [0.05, 0.1) is 10.0 Å². The largest absolute Gasteiger partial charge is 0.484 e. The lowest BCUT2D eigenvalue weighted by atomic mass is 10.2. The van der Waals surface area contributed by atoms with E-state index in [0.29, 0.717) is 34.9 Å². The first-order valence-corrected chi connectivity index (χ1v) is 4.51. The SMILES string of the molecule is O=Cc1c(Br)cnc2c1OCCO2. The zero-order chi connectivity index (χ0) is 9.26. The Morgan fingerprint density at radius 1 is 1.46 bits per heavy atom. The molecule has 13 heavy (non-hydrogen) atoms. The highest BCUT2D eigenvalue weighted by Gasteiger charge is 2.19. The molecule has 5 heteroatoms. The second-order valence-corrected chi connectivity index (χ2v) is 3.32. The minimum atomic E-state index is 0.386. The standard InChI is InChI=1S/C8H6BrNO3/c9-6-3-10-8-7(5(6)4-11)12-1-2-13-8/h3-4H,1-2H2. The van der Waals surface area contributed by atoms with Crippen molar-refractivity contribution in [3.63, 3.8) is 0 Å². The predicted molar refractivity (Wildman–Crippen MR) is 48.3 cm³/mol. The number of hydrogen-bond donors (Lipinski definition) is 0. The van der Waals surface area contributed by atoms with Gasteiger partial charge in [0.2, 0.25) is 0 Å². The monoisotopic (exact) mass is 243 g/mol. The highest BCUT2D eigenvalue weighted by Crippen LogP contribution is 2.34. The molecule has 0 amide bonds. The maximum absolute atomic E-state index is 10.7. The predicted octanol–water partition coefficient (Wildman–Crippen LogP) is 1.43. The Morgan fingerprint density at radius 2 is 2.23 bits per heavy atom. The van der Waals surface area contributed by atoms with Gasteiger partial charge in [0, 0.05) is 6.20 Å². The smallest absolute Gasteiger partial charge is 0.257 e. The fourth-order valence-corrected chi connectivity index (χ4v) is 1.48. The summed E-state index contributed by atoms with van der Waals surface area (Å²) in [4.78, 5) is 14.7. The van der Waals surface area contributed by atoms with E-state index in [2.05, 4.69) is 20.9 Å². The summed E-state index contributed by atoms with van der Waals surface area (Å²) in [6.07, 6.45) is 2.25. The van der Waals surface area contributed by atoms with Gasteiger partial charge in [-0.1, -0.05) is 0 Å². The fraction of sp³-hybridized carbons (Fsp3) is 0.250. The third-order valence-corrected chi connectivity index (χ3v) is 2.31. The van der Waals surface area contributed by atoms with Crippen LogP contribution in [-0.4, -0.2) is 24.5 Å². The highest BCUT2D eigenvalue weighted by molar-refractivity contribution is 9.10. The zero-order valence-electron chi connectivity index (χ0n) is 6.62. The van der Waals surface area contributed by atoms with E-state index < -0.39 is 0 Å². The van der Waals surface area contributed by atoms with E-state index in [1.54, 1.807) is 0 Å². The molecular formula is C8H6BrNO3. The average Bonchev–Trinajstić information content (AvgIpc) is 2.18. The van der Waals surface area contributed by atoms with Crippen LogP contribution in [0.1, 0.15) is 10.4 Å². The second kappa shape index (κ2) is 3.33. The molecule has 1 aliphatic heterocycles. The molecule has 0 saturated heterocycles. The number of aromatic nitrogens is 1. The van der Waals surface area contributed by atoms with E-state index in [0.717, 1.165) is 6.29 Å². The Balaban J connectivity index is 2.58. The molecule has 0 spiro atoms. The van der Waals surface area contributed by atoms with Crippen molar-refractivity contribution in [1.29, 1.82) is 0 Å². The van der Waals surface area contributed by atoms with Gasteiger partial charge in [-0.05, 0) is 15.9 Å². The Kier molecular flexibility index (Phi) is 2.18. The first kappa shape index (κ1) is 8.50. The molecule has 0 N–H and O–H groups in total. The maximum Gasteiger partial charge on any atom is 0.257 e. The number of carbonyl (C=O) groups excluding carboxylic acids is 1. The number of pyridine rings is 1. The van der Waals surface area contributed by atoms with Crippen LogP contribution in [0.5, 0.6) is 11.6 Å². The zero-order valence-corrected chi connectivity index (χ0v) is 8.20.